The van der Waals surface area contributed by atoms with Crippen molar-refractivity contribution in [1.29, 1.82) is 0 Å². The molecule has 0 saturated heterocycles. The van der Waals surface area contributed by atoms with Gasteiger partial charge in [-0.05, 0) is 24.6 Å². The second-order valence-corrected chi connectivity index (χ2v) is 4.11. The van der Waals surface area contributed by atoms with Crippen LogP contribution in [-0.4, -0.2) is 24.7 Å². The molecule has 0 fully saturated rings. The predicted molar refractivity (Wildman–Crippen MR) is 70.0 cm³/mol. The Kier molecular flexibility index (Phi) is 3.87. The molecule has 0 aliphatic heterocycles. The van der Waals surface area contributed by atoms with E-state index in [1.54, 1.807) is 12.1 Å². The second kappa shape index (κ2) is 5.58. The Bertz CT molecular complexity index is 545. The van der Waals surface area contributed by atoms with Gasteiger partial charge in [0.2, 0.25) is 0 Å². The van der Waals surface area contributed by atoms with Crippen LogP contribution in [0.25, 0.3) is 10.9 Å². The number of rotatable bonds is 5. The lowest BCUT2D eigenvalue weighted by atomic mass is 10.1. The fourth-order valence-corrected chi connectivity index (χ4v) is 1.81. The minimum Gasteiger partial charge on any atom is -0.491 e. The zero-order valence-corrected chi connectivity index (χ0v) is 10.7. The van der Waals surface area contributed by atoms with E-state index in [9.17, 15) is 4.79 Å². The molecule has 0 amide bonds. The monoisotopic (exact) mass is 247 g/mol. The zero-order valence-electron chi connectivity index (χ0n) is 10.7. The lowest BCUT2D eigenvalue weighted by molar-refractivity contribution is 0.0600. The zero-order chi connectivity index (χ0) is 13.0. The predicted octanol–water partition coefficient (Wildman–Crippen LogP) is 3.13. The highest BCUT2D eigenvalue weighted by Crippen LogP contribution is 2.27. The van der Waals surface area contributed by atoms with Crippen molar-refractivity contribution in [1.82, 2.24) is 4.98 Å². The minimum absolute atomic E-state index is 0.349. The number of hydrogen-bond donors (Lipinski definition) is 1. The number of aromatic nitrogens is 1. The number of fused-ring (bicyclic) bond motifs is 1. The number of H-pyrrole nitrogens is 1. The van der Waals surface area contributed by atoms with Crippen LogP contribution in [0.3, 0.4) is 0 Å². The quantitative estimate of drug-likeness (QED) is 0.652. The van der Waals surface area contributed by atoms with Crippen molar-refractivity contribution >= 4 is 16.9 Å². The molecule has 4 heteroatoms. The van der Waals surface area contributed by atoms with E-state index in [1.807, 2.05) is 12.3 Å². The average Bonchev–Trinajstić information content (AvgIpc) is 2.86. The van der Waals surface area contributed by atoms with Crippen LogP contribution in [0.15, 0.2) is 24.4 Å². The van der Waals surface area contributed by atoms with Gasteiger partial charge in [0.1, 0.15) is 5.75 Å². The molecule has 0 aliphatic rings. The number of carbonyl (C=O) groups excluding carboxylic acids is 1. The number of benzene rings is 1. The van der Waals surface area contributed by atoms with Crippen molar-refractivity contribution in [2.75, 3.05) is 13.7 Å². The largest absolute Gasteiger partial charge is 0.491 e. The van der Waals surface area contributed by atoms with Gasteiger partial charge in [-0.1, -0.05) is 13.3 Å². The Morgan fingerprint density at radius 1 is 1.39 bits per heavy atom. The van der Waals surface area contributed by atoms with Crippen LogP contribution < -0.4 is 4.74 Å². The molecule has 0 aliphatic carbocycles. The Morgan fingerprint density at radius 2 is 2.22 bits per heavy atom. The van der Waals surface area contributed by atoms with E-state index < -0.39 is 0 Å². The first kappa shape index (κ1) is 12.5. The number of unbranched alkanes of at least 4 members (excludes halogenated alkanes) is 1. The lowest BCUT2D eigenvalue weighted by Gasteiger charge is -2.08. The minimum atomic E-state index is -0.349. The Hall–Kier alpha value is -1.97. The molecule has 2 aromatic rings. The van der Waals surface area contributed by atoms with Crippen molar-refractivity contribution < 1.29 is 14.3 Å². The number of aromatic amines is 1. The molecular formula is C14H17NO3. The third kappa shape index (κ3) is 2.47. The maximum atomic E-state index is 11.6. The Labute approximate surface area is 106 Å². The second-order valence-electron chi connectivity index (χ2n) is 4.11. The van der Waals surface area contributed by atoms with Crippen LogP contribution in [0.5, 0.6) is 5.75 Å². The van der Waals surface area contributed by atoms with Gasteiger partial charge in [-0.2, -0.15) is 0 Å². The van der Waals surface area contributed by atoms with Crippen molar-refractivity contribution in [3.63, 3.8) is 0 Å². The summed E-state index contributed by atoms with van der Waals surface area (Å²) < 4.78 is 10.5. The number of ether oxygens (including phenoxy) is 2. The van der Waals surface area contributed by atoms with E-state index in [4.69, 9.17) is 9.47 Å². The van der Waals surface area contributed by atoms with Gasteiger partial charge in [-0.3, -0.25) is 0 Å². The molecule has 1 N–H and O–H groups in total. The molecule has 1 heterocycles. The lowest BCUT2D eigenvalue weighted by Crippen LogP contribution is -2.03. The number of hydrogen-bond acceptors (Lipinski definition) is 3. The molecular weight excluding hydrogens is 230 g/mol. The first-order valence-corrected chi connectivity index (χ1v) is 6.08. The van der Waals surface area contributed by atoms with E-state index in [0.717, 1.165) is 23.7 Å². The summed E-state index contributed by atoms with van der Waals surface area (Å²) in [6.07, 6.45) is 3.90. The van der Waals surface area contributed by atoms with Crippen LogP contribution in [-0.2, 0) is 4.74 Å². The van der Waals surface area contributed by atoms with Gasteiger partial charge in [0, 0.05) is 11.6 Å². The Morgan fingerprint density at radius 3 is 2.94 bits per heavy atom. The van der Waals surface area contributed by atoms with Crippen LogP contribution in [0.2, 0.25) is 0 Å². The third-order valence-corrected chi connectivity index (χ3v) is 2.80. The van der Waals surface area contributed by atoms with E-state index >= 15 is 0 Å². The molecule has 0 unspecified atom stereocenters. The smallest absolute Gasteiger partial charge is 0.338 e. The van der Waals surface area contributed by atoms with Crippen LogP contribution >= 0.6 is 0 Å². The van der Waals surface area contributed by atoms with Crippen molar-refractivity contribution in [3.8, 4) is 5.75 Å². The molecule has 0 radical (unpaired) electrons. The van der Waals surface area contributed by atoms with Crippen molar-refractivity contribution in [3.05, 3.63) is 30.0 Å². The molecule has 1 aromatic carbocycles. The molecule has 0 saturated carbocycles. The first-order chi connectivity index (χ1) is 8.76. The van der Waals surface area contributed by atoms with Gasteiger partial charge in [0.25, 0.3) is 0 Å². The standard InChI is InChI=1S/C14H17NO3/c1-3-4-7-18-12-9-11(14(16)17-2)8-10-5-6-15-13(10)12/h5-6,8-9,15H,3-4,7H2,1-2H3. The van der Waals surface area contributed by atoms with Crippen LogP contribution in [0.4, 0.5) is 0 Å². The summed E-state index contributed by atoms with van der Waals surface area (Å²) in [5, 5.41) is 0.949. The van der Waals surface area contributed by atoms with E-state index in [-0.39, 0.29) is 5.97 Å². The summed E-state index contributed by atoms with van der Waals surface area (Å²) in [6, 6.07) is 5.43. The normalized spacial score (nSPS) is 10.6. The summed E-state index contributed by atoms with van der Waals surface area (Å²) in [7, 11) is 1.38. The van der Waals surface area contributed by atoms with Crippen molar-refractivity contribution in [2.45, 2.75) is 19.8 Å². The molecule has 96 valence electrons. The SMILES string of the molecule is CCCCOc1cc(C(=O)OC)cc2cc[nH]c12. The van der Waals surface area contributed by atoms with E-state index in [0.29, 0.717) is 17.9 Å². The van der Waals surface area contributed by atoms with E-state index in [2.05, 4.69) is 11.9 Å². The van der Waals surface area contributed by atoms with Gasteiger partial charge in [-0.25, -0.2) is 4.79 Å². The highest BCUT2D eigenvalue weighted by Gasteiger charge is 2.12. The fraction of sp³-hybridized carbons (Fsp3) is 0.357. The van der Waals surface area contributed by atoms with E-state index in [1.165, 1.54) is 7.11 Å². The van der Waals surface area contributed by atoms with Gasteiger partial charge in [-0.15, -0.1) is 0 Å². The third-order valence-electron chi connectivity index (χ3n) is 2.80. The molecule has 4 nitrogen and oxygen atoms in total. The highest BCUT2D eigenvalue weighted by atomic mass is 16.5. The van der Waals surface area contributed by atoms with Gasteiger partial charge < -0.3 is 14.5 Å². The van der Waals surface area contributed by atoms with Crippen LogP contribution in [0, 0.1) is 0 Å². The highest BCUT2D eigenvalue weighted by molar-refractivity contribution is 5.97. The number of carbonyl (C=O) groups is 1. The van der Waals surface area contributed by atoms with Crippen molar-refractivity contribution in [2.24, 2.45) is 0 Å². The number of nitrogens with one attached hydrogen (secondary N) is 1. The first-order valence-electron chi connectivity index (χ1n) is 6.08. The summed E-state index contributed by atoms with van der Waals surface area (Å²) in [4.78, 5) is 14.7. The molecule has 0 atom stereocenters. The topological polar surface area (TPSA) is 51.3 Å². The van der Waals surface area contributed by atoms with Crippen LogP contribution in [0.1, 0.15) is 30.1 Å². The maximum absolute atomic E-state index is 11.6. The molecule has 0 bridgehead atoms. The number of methoxy groups -OCH3 is 1. The molecule has 0 spiro atoms. The van der Waals surface area contributed by atoms with Gasteiger partial charge in [0.05, 0.1) is 24.8 Å². The average molecular weight is 247 g/mol. The van der Waals surface area contributed by atoms with Gasteiger partial charge >= 0.3 is 5.97 Å². The molecule has 2 rings (SSSR count). The van der Waals surface area contributed by atoms with Gasteiger partial charge in [0.15, 0.2) is 0 Å². The number of esters is 1. The molecule has 18 heavy (non-hydrogen) atoms. The summed E-state index contributed by atoms with van der Waals surface area (Å²) >= 11 is 0. The fourth-order valence-electron chi connectivity index (χ4n) is 1.81. The summed E-state index contributed by atoms with van der Waals surface area (Å²) in [6.45, 7) is 2.76. The Balaban J connectivity index is 2.35. The summed E-state index contributed by atoms with van der Waals surface area (Å²) in [5.74, 6) is 0.352. The molecule has 1 aromatic heterocycles. The maximum Gasteiger partial charge on any atom is 0.338 e. The summed E-state index contributed by atoms with van der Waals surface area (Å²) in [5.41, 5.74) is 1.43.